The molecule has 0 radical (unpaired) electrons. The number of sulfonamides is 1. The van der Waals surface area contributed by atoms with Crippen LogP contribution in [0.5, 0.6) is 0 Å². The van der Waals surface area contributed by atoms with E-state index in [0.29, 0.717) is 5.56 Å². The van der Waals surface area contributed by atoms with E-state index in [9.17, 15) is 40.7 Å². The van der Waals surface area contributed by atoms with Crippen LogP contribution >= 0.6 is 0 Å². The van der Waals surface area contributed by atoms with Crippen molar-refractivity contribution in [3.05, 3.63) is 88.1 Å². The number of halogens is 4. The fraction of sp³-hybridized carbons (Fsp3) is 0.333. The number of aromatic nitrogens is 1. The first-order valence-corrected chi connectivity index (χ1v) is 14.9. The first-order chi connectivity index (χ1) is 20.2. The third-order valence-electron chi connectivity index (χ3n) is 7.51. The second-order valence-electron chi connectivity index (χ2n) is 10.8. The minimum atomic E-state index is -4.53. The number of furan rings is 1. The van der Waals surface area contributed by atoms with Crippen molar-refractivity contribution < 1.29 is 40.3 Å². The molecule has 43 heavy (non-hydrogen) atoms. The van der Waals surface area contributed by atoms with Gasteiger partial charge in [0.25, 0.3) is 15.6 Å². The zero-order valence-electron chi connectivity index (χ0n) is 23.1. The van der Waals surface area contributed by atoms with E-state index in [-0.39, 0.29) is 53.9 Å². The molecule has 0 aliphatic carbocycles. The van der Waals surface area contributed by atoms with Crippen LogP contribution in [0.4, 0.5) is 17.6 Å². The number of rotatable bonds is 8. The van der Waals surface area contributed by atoms with Crippen LogP contribution in [0.3, 0.4) is 0 Å². The van der Waals surface area contributed by atoms with Gasteiger partial charge in [0.05, 0.1) is 11.7 Å². The van der Waals surface area contributed by atoms with Gasteiger partial charge in [-0.05, 0) is 74.2 Å². The Morgan fingerprint density at radius 2 is 1.79 bits per heavy atom. The molecule has 13 heteroatoms. The predicted molar refractivity (Wildman–Crippen MR) is 149 cm³/mol. The molecule has 8 nitrogen and oxygen atoms in total. The second kappa shape index (κ2) is 11.4. The molecule has 2 aromatic heterocycles. The largest absolute Gasteiger partial charge is 0.443 e. The standard InChI is InChI=1S/C30H28F4N2O6S/c1-17(2)35-16-18(13-23(29(35)39)19-4-6-21(7-5-19)30(32,33)34)3-9-24(37)28-25(38)11-12-36(28)43(40,41)27-15-20-14-22(31)8-10-26(20)42-27/h4-8,10,13-17,25,28,38H,3,9,11-12H2,1-2H3/t25-,28+/m0/s1. The fourth-order valence-electron chi connectivity index (χ4n) is 5.27. The van der Waals surface area contributed by atoms with Gasteiger partial charge in [0, 0.05) is 42.2 Å². The highest BCUT2D eigenvalue weighted by Crippen LogP contribution is 2.33. The van der Waals surface area contributed by atoms with E-state index >= 15 is 0 Å². The monoisotopic (exact) mass is 620 g/mol. The average molecular weight is 621 g/mol. The molecule has 4 aromatic rings. The molecular formula is C30H28F4N2O6S. The van der Waals surface area contributed by atoms with Crippen LogP contribution in [0.2, 0.25) is 0 Å². The molecule has 1 aliphatic heterocycles. The number of fused-ring (bicyclic) bond motifs is 1. The van der Waals surface area contributed by atoms with E-state index in [1.54, 1.807) is 20.0 Å². The van der Waals surface area contributed by atoms with Crippen molar-refractivity contribution in [3.63, 3.8) is 0 Å². The van der Waals surface area contributed by atoms with Crippen LogP contribution < -0.4 is 5.56 Å². The lowest BCUT2D eigenvalue weighted by atomic mass is 9.98. The van der Waals surface area contributed by atoms with Gasteiger partial charge in [-0.1, -0.05) is 12.1 Å². The van der Waals surface area contributed by atoms with Crippen molar-refractivity contribution in [2.75, 3.05) is 6.54 Å². The zero-order valence-corrected chi connectivity index (χ0v) is 24.0. The van der Waals surface area contributed by atoms with Gasteiger partial charge >= 0.3 is 6.18 Å². The number of hydrogen-bond donors (Lipinski definition) is 1. The smallest absolute Gasteiger partial charge is 0.416 e. The van der Waals surface area contributed by atoms with Crippen LogP contribution in [0, 0.1) is 5.82 Å². The summed E-state index contributed by atoms with van der Waals surface area (Å²) in [6.45, 7) is 3.38. The summed E-state index contributed by atoms with van der Waals surface area (Å²) in [7, 11) is -4.37. The summed E-state index contributed by atoms with van der Waals surface area (Å²) < 4.78 is 87.4. The van der Waals surface area contributed by atoms with Gasteiger partial charge in [0.2, 0.25) is 5.09 Å². The van der Waals surface area contributed by atoms with Crippen LogP contribution in [0.1, 0.15) is 43.9 Å². The number of aliphatic hydroxyl groups is 1. The Bertz CT molecular complexity index is 1850. The molecule has 228 valence electrons. The van der Waals surface area contributed by atoms with Gasteiger partial charge in [0.15, 0.2) is 5.78 Å². The molecule has 0 saturated carbocycles. The van der Waals surface area contributed by atoms with E-state index < -0.39 is 56.2 Å². The van der Waals surface area contributed by atoms with Crippen molar-refractivity contribution in [1.29, 1.82) is 0 Å². The maximum atomic E-state index is 13.6. The van der Waals surface area contributed by atoms with Crippen molar-refractivity contribution >= 4 is 26.8 Å². The lowest BCUT2D eigenvalue weighted by Crippen LogP contribution is -2.45. The van der Waals surface area contributed by atoms with Crippen molar-refractivity contribution in [2.45, 2.75) is 62.6 Å². The Labute approximate surface area is 244 Å². The van der Waals surface area contributed by atoms with Crippen LogP contribution in [-0.2, 0) is 27.4 Å². The highest BCUT2D eigenvalue weighted by molar-refractivity contribution is 7.89. The highest BCUT2D eigenvalue weighted by Gasteiger charge is 2.45. The van der Waals surface area contributed by atoms with Gasteiger partial charge in [-0.2, -0.15) is 17.5 Å². The molecule has 0 bridgehead atoms. The Kier molecular flexibility index (Phi) is 8.09. The van der Waals surface area contributed by atoms with Crippen LogP contribution in [0.15, 0.2) is 75.1 Å². The first-order valence-electron chi connectivity index (χ1n) is 13.5. The number of carbonyl (C=O) groups excluding carboxylic acids is 1. The number of pyridine rings is 1. The van der Waals surface area contributed by atoms with Crippen molar-refractivity contribution in [1.82, 2.24) is 8.87 Å². The Morgan fingerprint density at radius 3 is 2.44 bits per heavy atom. The van der Waals surface area contributed by atoms with Crippen molar-refractivity contribution in [3.8, 4) is 11.1 Å². The number of ketones is 1. The van der Waals surface area contributed by atoms with E-state index in [2.05, 4.69) is 0 Å². The van der Waals surface area contributed by atoms with Gasteiger partial charge in [-0.3, -0.25) is 9.59 Å². The number of Topliss-reactive ketones (excluding diaryl/α,β-unsaturated/α-hetero) is 1. The lowest BCUT2D eigenvalue weighted by Gasteiger charge is -2.23. The Morgan fingerprint density at radius 1 is 1.09 bits per heavy atom. The molecule has 0 unspecified atom stereocenters. The fourth-order valence-corrected chi connectivity index (χ4v) is 6.87. The van der Waals surface area contributed by atoms with E-state index in [1.165, 1.54) is 28.8 Å². The van der Waals surface area contributed by atoms with Gasteiger partial charge in [-0.15, -0.1) is 0 Å². The average Bonchev–Trinajstić information content (AvgIpc) is 3.56. The molecular weight excluding hydrogens is 592 g/mol. The van der Waals surface area contributed by atoms with Crippen LogP contribution in [0.25, 0.3) is 22.1 Å². The number of hydrogen-bond acceptors (Lipinski definition) is 6. The number of nitrogens with zero attached hydrogens (tertiary/aromatic N) is 2. The van der Waals surface area contributed by atoms with E-state index in [4.69, 9.17) is 4.42 Å². The molecule has 1 fully saturated rings. The number of aliphatic hydroxyl groups excluding tert-OH is 1. The van der Waals surface area contributed by atoms with Gasteiger partial charge in [0.1, 0.15) is 17.4 Å². The van der Waals surface area contributed by atoms with E-state index in [0.717, 1.165) is 34.6 Å². The summed E-state index contributed by atoms with van der Waals surface area (Å²) in [6.07, 6.45) is -4.35. The second-order valence-corrected chi connectivity index (χ2v) is 12.6. The summed E-state index contributed by atoms with van der Waals surface area (Å²) in [5, 5.41) is 10.4. The van der Waals surface area contributed by atoms with Gasteiger partial charge < -0.3 is 14.1 Å². The summed E-state index contributed by atoms with van der Waals surface area (Å²) in [6, 6.07) is 8.72. The highest BCUT2D eigenvalue weighted by atomic mass is 32.2. The quantitative estimate of drug-likeness (QED) is 0.267. The molecule has 1 saturated heterocycles. The number of aryl methyl sites for hydroxylation is 1. The Hall–Kier alpha value is -3.81. The zero-order chi connectivity index (χ0) is 31.3. The van der Waals surface area contributed by atoms with E-state index in [1.807, 2.05) is 0 Å². The minimum absolute atomic E-state index is 0.0147. The first kappa shape index (κ1) is 30.6. The molecule has 5 rings (SSSR count). The predicted octanol–water partition coefficient (Wildman–Crippen LogP) is 5.33. The number of alkyl halides is 3. The molecule has 0 spiro atoms. The molecule has 2 atom stereocenters. The lowest BCUT2D eigenvalue weighted by molar-refractivity contribution is -0.137. The molecule has 0 amide bonds. The summed E-state index contributed by atoms with van der Waals surface area (Å²) >= 11 is 0. The summed E-state index contributed by atoms with van der Waals surface area (Å²) in [4.78, 5) is 26.5. The number of benzene rings is 2. The van der Waals surface area contributed by atoms with Gasteiger partial charge in [-0.25, -0.2) is 12.8 Å². The third kappa shape index (κ3) is 6.01. The van der Waals surface area contributed by atoms with Crippen molar-refractivity contribution in [2.24, 2.45) is 0 Å². The summed E-state index contributed by atoms with van der Waals surface area (Å²) in [5.41, 5.74) is -0.177. The topological polar surface area (TPSA) is 110 Å². The third-order valence-corrected chi connectivity index (χ3v) is 9.24. The maximum absolute atomic E-state index is 13.6. The maximum Gasteiger partial charge on any atom is 0.416 e. The normalized spacial score (nSPS) is 18.1. The number of carbonyl (C=O) groups is 1. The Balaban J connectivity index is 1.40. The minimum Gasteiger partial charge on any atom is -0.443 e. The molecule has 1 aliphatic rings. The van der Waals surface area contributed by atoms with Crippen LogP contribution in [-0.4, -0.2) is 46.9 Å². The molecule has 3 heterocycles. The summed E-state index contributed by atoms with van der Waals surface area (Å²) in [5.74, 6) is -1.14. The molecule has 2 aromatic carbocycles. The molecule has 1 N–H and O–H groups in total. The SMILES string of the molecule is CC(C)n1cc(CCC(=O)[C@@H]2[C@@H](O)CCN2S(=O)(=O)c2cc3cc(F)ccc3o2)cc(-c2ccc(C(F)(F)F)cc2)c1=O.